The highest BCUT2D eigenvalue weighted by atomic mass is 32.2. The molecule has 0 aliphatic rings. The second-order valence-corrected chi connectivity index (χ2v) is 11.3. The fraction of sp³-hybridized carbons (Fsp3) is 0.640. The number of hydrogen-bond donors (Lipinski definition) is 3. The van der Waals surface area contributed by atoms with Crippen LogP contribution < -0.4 is 20.1 Å². The largest absolute Gasteiger partial charge is 0.494 e. The van der Waals surface area contributed by atoms with Gasteiger partial charge in [-0.15, -0.1) is 0 Å². The maximum Gasteiger partial charge on any atom is 0.407 e. The molecular formula is C25H41N3O8S. The third kappa shape index (κ3) is 11.8. The molecule has 0 fully saturated rings. The molecule has 11 nitrogen and oxygen atoms in total. The Balaban J connectivity index is 2.85. The summed E-state index contributed by atoms with van der Waals surface area (Å²) in [6.45, 7) is 10.9. The molecule has 0 heterocycles. The first-order valence-electron chi connectivity index (χ1n) is 12.3. The second-order valence-electron chi connectivity index (χ2n) is 9.62. The maximum atomic E-state index is 13.2. The van der Waals surface area contributed by atoms with Gasteiger partial charge in [0.05, 0.1) is 18.6 Å². The first kappa shape index (κ1) is 32.2. The van der Waals surface area contributed by atoms with E-state index in [0.29, 0.717) is 42.9 Å². The number of hydrogen-bond acceptors (Lipinski definition) is 8. The first-order chi connectivity index (χ1) is 17.2. The zero-order valence-corrected chi connectivity index (χ0v) is 23.7. The second kappa shape index (κ2) is 14.8. The predicted molar refractivity (Wildman–Crippen MR) is 139 cm³/mol. The van der Waals surface area contributed by atoms with Crippen LogP contribution in [0.1, 0.15) is 64.5 Å². The van der Waals surface area contributed by atoms with E-state index in [9.17, 15) is 22.8 Å². The van der Waals surface area contributed by atoms with Gasteiger partial charge in [-0.05, 0) is 70.7 Å². The van der Waals surface area contributed by atoms with Crippen molar-refractivity contribution < 1.29 is 37.0 Å². The van der Waals surface area contributed by atoms with Crippen molar-refractivity contribution in [3.8, 4) is 5.75 Å². The molecule has 0 saturated heterocycles. The fourth-order valence-electron chi connectivity index (χ4n) is 3.39. The molecule has 1 atom stereocenters. The van der Waals surface area contributed by atoms with Gasteiger partial charge in [0, 0.05) is 19.5 Å². The van der Waals surface area contributed by atoms with E-state index in [-0.39, 0.29) is 17.3 Å². The third-order valence-electron chi connectivity index (χ3n) is 5.00. The molecule has 0 bridgehead atoms. The molecule has 210 valence electrons. The van der Waals surface area contributed by atoms with Crippen LogP contribution in [0, 0.1) is 13.8 Å². The van der Waals surface area contributed by atoms with E-state index in [0.717, 1.165) is 20.0 Å². The Hall–Kier alpha value is -2.86. The van der Waals surface area contributed by atoms with Crippen molar-refractivity contribution in [1.82, 2.24) is 15.4 Å². The summed E-state index contributed by atoms with van der Waals surface area (Å²) in [4.78, 5) is 36.0. The number of alkyl carbamates (subject to hydrolysis) is 1. The Bertz CT molecular complexity index is 1010. The number of ether oxygens (including phenoxy) is 3. The van der Waals surface area contributed by atoms with Crippen LogP contribution in [0.25, 0.3) is 0 Å². The quantitative estimate of drug-likeness (QED) is 0.240. The molecule has 3 N–H and O–H groups in total. The Morgan fingerprint density at radius 3 is 2.19 bits per heavy atom. The van der Waals surface area contributed by atoms with Crippen LogP contribution in [0.3, 0.4) is 0 Å². The van der Waals surface area contributed by atoms with Crippen LogP contribution in [0.4, 0.5) is 4.79 Å². The Labute approximate surface area is 220 Å². The van der Waals surface area contributed by atoms with Crippen molar-refractivity contribution in [2.75, 3.05) is 26.8 Å². The minimum atomic E-state index is -4.17. The molecule has 0 spiro atoms. The van der Waals surface area contributed by atoms with Crippen LogP contribution >= 0.6 is 0 Å². The van der Waals surface area contributed by atoms with E-state index in [1.807, 2.05) is 0 Å². The van der Waals surface area contributed by atoms with Gasteiger partial charge in [-0.25, -0.2) is 13.2 Å². The highest BCUT2D eigenvalue weighted by Crippen LogP contribution is 2.26. The summed E-state index contributed by atoms with van der Waals surface area (Å²) in [7, 11) is -3.06. The van der Waals surface area contributed by atoms with Crippen LogP contribution in [0.2, 0.25) is 0 Å². The van der Waals surface area contributed by atoms with Crippen LogP contribution in [-0.2, 0) is 29.1 Å². The van der Waals surface area contributed by atoms with Crippen LogP contribution in [0.5, 0.6) is 5.75 Å². The van der Waals surface area contributed by atoms with Gasteiger partial charge in [-0.1, -0.05) is 13.3 Å². The topological polar surface area (TPSA) is 149 Å². The van der Waals surface area contributed by atoms with Gasteiger partial charge in [0.15, 0.2) is 0 Å². The number of benzene rings is 1. The minimum Gasteiger partial charge on any atom is -0.494 e. The van der Waals surface area contributed by atoms with E-state index in [1.54, 1.807) is 46.8 Å². The van der Waals surface area contributed by atoms with Crippen LogP contribution in [0.15, 0.2) is 17.0 Å². The van der Waals surface area contributed by atoms with E-state index in [2.05, 4.69) is 22.3 Å². The van der Waals surface area contributed by atoms with Gasteiger partial charge >= 0.3 is 12.1 Å². The molecule has 12 heteroatoms. The zero-order chi connectivity index (χ0) is 28.2. The summed E-state index contributed by atoms with van der Waals surface area (Å²) >= 11 is 0. The number of carbonyl (C=O) groups excluding carboxylic acids is 3. The SMILES string of the molecule is CCCCNC(=O)CCCOc1cc(C)c(S(=O)(=O)N[C@H](CNC(=O)OC(C)(C)C)C(=O)OC)c(C)c1. The molecular weight excluding hydrogens is 502 g/mol. The number of methoxy groups -OCH3 is 1. The van der Waals surface area contributed by atoms with Crippen molar-refractivity contribution in [2.45, 2.75) is 83.8 Å². The molecule has 1 rings (SSSR count). The molecule has 0 radical (unpaired) electrons. The highest BCUT2D eigenvalue weighted by Gasteiger charge is 2.30. The van der Waals surface area contributed by atoms with Gasteiger partial charge in [0.25, 0.3) is 0 Å². The summed E-state index contributed by atoms with van der Waals surface area (Å²) in [5.41, 5.74) is 0.0516. The average molecular weight is 544 g/mol. The maximum absolute atomic E-state index is 13.2. The van der Waals surface area contributed by atoms with Gasteiger partial charge < -0.3 is 24.8 Å². The van der Waals surface area contributed by atoms with Crippen molar-refractivity contribution in [3.63, 3.8) is 0 Å². The number of esters is 1. The predicted octanol–water partition coefficient (Wildman–Crippen LogP) is 2.72. The molecule has 0 aliphatic carbocycles. The molecule has 2 amide bonds. The summed E-state index contributed by atoms with van der Waals surface area (Å²) in [6.07, 6.45) is 2.00. The summed E-state index contributed by atoms with van der Waals surface area (Å²) in [5, 5.41) is 5.23. The summed E-state index contributed by atoms with van der Waals surface area (Å²) in [6, 6.07) is 1.78. The van der Waals surface area contributed by atoms with E-state index < -0.39 is 33.7 Å². The minimum absolute atomic E-state index is 0.0127. The lowest BCUT2D eigenvalue weighted by atomic mass is 10.1. The molecule has 37 heavy (non-hydrogen) atoms. The van der Waals surface area contributed by atoms with Gasteiger partial charge in [0.1, 0.15) is 17.4 Å². The van der Waals surface area contributed by atoms with Crippen LogP contribution in [-0.4, -0.2) is 64.8 Å². The van der Waals surface area contributed by atoms with Crippen molar-refractivity contribution in [2.24, 2.45) is 0 Å². The van der Waals surface area contributed by atoms with Crippen molar-refractivity contribution >= 4 is 28.0 Å². The summed E-state index contributed by atoms with van der Waals surface area (Å²) < 4.78 is 44.2. The lowest BCUT2D eigenvalue weighted by Gasteiger charge is -2.22. The molecule has 0 aliphatic heterocycles. The molecule has 1 aromatic rings. The number of carbonyl (C=O) groups is 3. The molecule has 1 aromatic carbocycles. The normalized spacial score (nSPS) is 12.4. The molecule has 0 aromatic heterocycles. The molecule has 0 saturated carbocycles. The number of sulfonamides is 1. The van der Waals surface area contributed by atoms with E-state index in [4.69, 9.17) is 14.2 Å². The Kier molecular flexibility index (Phi) is 12.8. The van der Waals surface area contributed by atoms with Crippen molar-refractivity contribution in [1.29, 1.82) is 0 Å². The number of rotatable bonds is 14. The fourth-order valence-corrected chi connectivity index (χ4v) is 5.03. The van der Waals surface area contributed by atoms with E-state index in [1.165, 1.54) is 0 Å². The highest BCUT2D eigenvalue weighted by molar-refractivity contribution is 7.89. The number of nitrogens with one attached hydrogen (secondary N) is 3. The Morgan fingerprint density at radius 2 is 1.65 bits per heavy atom. The number of unbranched alkanes of at least 4 members (excludes halogenated alkanes) is 1. The Morgan fingerprint density at radius 1 is 1.03 bits per heavy atom. The zero-order valence-electron chi connectivity index (χ0n) is 22.9. The smallest absolute Gasteiger partial charge is 0.407 e. The van der Waals surface area contributed by atoms with E-state index >= 15 is 0 Å². The third-order valence-corrected chi connectivity index (χ3v) is 6.78. The van der Waals surface area contributed by atoms with Gasteiger partial charge in [-0.3, -0.25) is 9.59 Å². The summed E-state index contributed by atoms with van der Waals surface area (Å²) in [5.74, 6) is -0.427. The number of aryl methyl sites for hydroxylation is 2. The first-order valence-corrected chi connectivity index (χ1v) is 13.8. The van der Waals surface area contributed by atoms with Gasteiger partial charge in [0.2, 0.25) is 15.9 Å². The van der Waals surface area contributed by atoms with Crippen molar-refractivity contribution in [3.05, 3.63) is 23.3 Å². The monoisotopic (exact) mass is 543 g/mol. The lowest BCUT2D eigenvalue weighted by molar-refractivity contribution is -0.142. The molecule has 0 unspecified atom stereocenters. The average Bonchev–Trinajstić information content (AvgIpc) is 2.77. The number of amides is 2. The van der Waals surface area contributed by atoms with Gasteiger partial charge in [-0.2, -0.15) is 4.72 Å². The standard InChI is InChI=1S/C25H41N3O8S/c1-8-9-12-26-21(29)11-10-13-35-19-14-17(2)22(18(3)15-19)37(32,33)28-20(23(30)34-7)16-27-24(31)36-25(4,5)6/h14-15,20,28H,8-13,16H2,1-7H3,(H,26,29)(H,27,31)/t20-/m1/s1. The lowest BCUT2D eigenvalue weighted by Crippen LogP contribution is -2.49.